The number of alkyl halides is 1. The summed E-state index contributed by atoms with van der Waals surface area (Å²) in [5.74, 6) is -1.71. The maximum atomic E-state index is 11.9. The minimum absolute atomic E-state index is 0.0556. The molecule has 0 saturated carbocycles. The number of carbonyl (C=O) groups is 2. The van der Waals surface area contributed by atoms with Gasteiger partial charge < -0.3 is 5.11 Å². The van der Waals surface area contributed by atoms with Crippen LogP contribution in [0, 0.1) is 0 Å². The zero-order chi connectivity index (χ0) is 14.5. The van der Waals surface area contributed by atoms with Crippen molar-refractivity contribution in [2.45, 2.75) is 17.7 Å². The summed E-state index contributed by atoms with van der Waals surface area (Å²) in [4.78, 5) is 21.7. The summed E-state index contributed by atoms with van der Waals surface area (Å²) in [5.41, 5.74) is 0.347. The van der Waals surface area contributed by atoms with Gasteiger partial charge in [0.05, 0.1) is 16.5 Å². The Labute approximate surface area is 116 Å². The van der Waals surface area contributed by atoms with E-state index in [-0.39, 0.29) is 35.2 Å². The number of carboxylic acid groups (broad SMARTS) is 1. The summed E-state index contributed by atoms with van der Waals surface area (Å²) in [5, 5.41) is 8.46. The van der Waals surface area contributed by atoms with E-state index in [1.807, 2.05) is 0 Å². The first-order chi connectivity index (χ1) is 8.86. The molecule has 0 amide bonds. The predicted octanol–water partition coefficient (Wildman–Crippen LogP) is 1.75. The number of aliphatic carboxylic acids is 1. The van der Waals surface area contributed by atoms with Gasteiger partial charge in [0.15, 0.2) is 15.6 Å². The van der Waals surface area contributed by atoms with Gasteiger partial charge in [0.25, 0.3) is 0 Å². The molecule has 0 aliphatic rings. The summed E-state index contributed by atoms with van der Waals surface area (Å²) in [6.07, 6.45) is -0.137. The molecular weight excluding hydrogens is 292 g/mol. The third-order valence-electron chi connectivity index (χ3n) is 2.46. The van der Waals surface area contributed by atoms with Crippen LogP contribution in [0.2, 0.25) is 0 Å². The van der Waals surface area contributed by atoms with Crippen LogP contribution >= 0.6 is 11.6 Å². The number of carbonyl (C=O) groups excluding carboxylic acids is 1. The Kier molecular flexibility index (Phi) is 5.50. The van der Waals surface area contributed by atoms with Gasteiger partial charge in [-0.05, 0) is 18.6 Å². The lowest BCUT2D eigenvalue weighted by Gasteiger charge is -2.04. The van der Waals surface area contributed by atoms with Crippen molar-refractivity contribution in [2.75, 3.05) is 11.6 Å². The van der Waals surface area contributed by atoms with Crippen LogP contribution in [0.3, 0.4) is 0 Å². The van der Waals surface area contributed by atoms with Gasteiger partial charge >= 0.3 is 5.97 Å². The molecule has 19 heavy (non-hydrogen) atoms. The molecule has 0 aliphatic heterocycles. The van der Waals surface area contributed by atoms with Gasteiger partial charge in [-0.3, -0.25) is 9.59 Å². The summed E-state index contributed by atoms with van der Waals surface area (Å²) in [7, 11) is -3.51. The van der Waals surface area contributed by atoms with Crippen molar-refractivity contribution in [3.8, 4) is 0 Å². The number of ketones is 1. The molecule has 0 heterocycles. The highest BCUT2D eigenvalue weighted by molar-refractivity contribution is 7.91. The molecule has 1 aromatic carbocycles. The Morgan fingerprint density at radius 1 is 1.16 bits per heavy atom. The Bertz CT molecular complexity index is 562. The van der Waals surface area contributed by atoms with Crippen molar-refractivity contribution in [3.05, 3.63) is 29.8 Å². The molecule has 1 aromatic rings. The number of benzene rings is 1. The molecule has 0 atom stereocenters. The number of carboxylic acids is 1. The molecule has 0 aliphatic carbocycles. The molecule has 5 nitrogen and oxygen atoms in total. The van der Waals surface area contributed by atoms with Gasteiger partial charge in [0.1, 0.15) is 0 Å². The van der Waals surface area contributed by atoms with Crippen LogP contribution in [-0.4, -0.2) is 36.9 Å². The number of hydrogen-bond acceptors (Lipinski definition) is 4. The van der Waals surface area contributed by atoms with E-state index in [2.05, 4.69) is 0 Å². The van der Waals surface area contributed by atoms with Crippen molar-refractivity contribution in [1.29, 1.82) is 0 Å². The first-order valence-electron chi connectivity index (χ1n) is 5.50. The van der Waals surface area contributed by atoms with Crippen molar-refractivity contribution < 1.29 is 23.1 Å². The molecule has 0 aromatic heterocycles. The molecule has 0 unspecified atom stereocenters. The van der Waals surface area contributed by atoms with Gasteiger partial charge in [-0.1, -0.05) is 12.1 Å². The van der Waals surface area contributed by atoms with E-state index in [4.69, 9.17) is 16.7 Å². The predicted molar refractivity (Wildman–Crippen MR) is 70.4 cm³/mol. The second-order valence-corrected chi connectivity index (χ2v) is 6.27. The van der Waals surface area contributed by atoms with E-state index in [9.17, 15) is 18.0 Å². The van der Waals surface area contributed by atoms with E-state index < -0.39 is 15.8 Å². The lowest BCUT2D eigenvalue weighted by molar-refractivity contribution is -0.137. The van der Waals surface area contributed by atoms with E-state index in [1.165, 1.54) is 24.3 Å². The van der Waals surface area contributed by atoms with Crippen LogP contribution in [0.25, 0.3) is 0 Å². The fourth-order valence-corrected chi connectivity index (χ4v) is 2.92. The van der Waals surface area contributed by atoms with Gasteiger partial charge in [0, 0.05) is 12.0 Å². The van der Waals surface area contributed by atoms with Gasteiger partial charge in [0.2, 0.25) is 0 Å². The van der Waals surface area contributed by atoms with Gasteiger partial charge in [-0.25, -0.2) is 8.42 Å². The first-order valence-corrected chi connectivity index (χ1v) is 7.69. The lowest BCUT2D eigenvalue weighted by atomic mass is 10.1. The maximum Gasteiger partial charge on any atom is 0.303 e. The van der Waals surface area contributed by atoms with E-state index in [1.54, 1.807) is 0 Å². The highest BCUT2D eigenvalue weighted by Gasteiger charge is 2.15. The molecule has 104 valence electrons. The second kappa shape index (κ2) is 6.68. The summed E-state index contributed by atoms with van der Waals surface area (Å²) in [6.45, 7) is 0. The molecule has 0 fully saturated rings. The number of sulfone groups is 1. The van der Waals surface area contributed by atoms with Crippen LogP contribution in [0.5, 0.6) is 0 Å². The highest BCUT2D eigenvalue weighted by atomic mass is 35.5. The average molecular weight is 305 g/mol. The molecule has 1 rings (SSSR count). The summed E-state index contributed by atoms with van der Waals surface area (Å²) < 4.78 is 23.7. The monoisotopic (exact) mass is 304 g/mol. The van der Waals surface area contributed by atoms with Crippen LogP contribution in [0.4, 0.5) is 0 Å². The third kappa shape index (κ3) is 4.65. The Morgan fingerprint density at radius 3 is 2.21 bits per heavy atom. The fraction of sp³-hybridized carbons (Fsp3) is 0.333. The zero-order valence-corrected chi connectivity index (χ0v) is 11.6. The largest absolute Gasteiger partial charge is 0.481 e. The normalized spacial score (nSPS) is 11.2. The lowest BCUT2D eigenvalue weighted by Crippen LogP contribution is -2.09. The zero-order valence-electron chi connectivity index (χ0n) is 10.0. The van der Waals surface area contributed by atoms with Crippen LogP contribution < -0.4 is 0 Å². The molecule has 0 spiro atoms. The third-order valence-corrected chi connectivity index (χ3v) is 4.52. The van der Waals surface area contributed by atoms with Crippen molar-refractivity contribution >= 4 is 33.2 Å². The Balaban J connectivity index is 2.79. The smallest absolute Gasteiger partial charge is 0.303 e. The van der Waals surface area contributed by atoms with E-state index in [0.29, 0.717) is 5.56 Å². The van der Waals surface area contributed by atoms with Gasteiger partial charge in [-0.15, -0.1) is 11.6 Å². The van der Waals surface area contributed by atoms with E-state index >= 15 is 0 Å². The minimum Gasteiger partial charge on any atom is -0.481 e. The topological polar surface area (TPSA) is 88.5 Å². The Morgan fingerprint density at radius 2 is 1.74 bits per heavy atom. The molecule has 0 radical (unpaired) electrons. The number of Topliss-reactive ketones (excluding diaryl/α,β-unsaturated/α-hetero) is 1. The summed E-state index contributed by atoms with van der Waals surface area (Å²) >= 11 is 5.39. The molecule has 7 heteroatoms. The quantitative estimate of drug-likeness (QED) is 0.612. The minimum atomic E-state index is -3.51. The van der Waals surface area contributed by atoms with Crippen LogP contribution in [0.1, 0.15) is 23.2 Å². The number of hydrogen-bond donors (Lipinski definition) is 1. The highest BCUT2D eigenvalue weighted by Crippen LogP contribution is 2.14. The van der Waals surface area contributed by atoms with Crippen molar-refractivity contribution in [3.63, 3.8) is 0 Å². The summed E-state index contributed by atoms with van der Waals surface area (Å²) in [6, 6.07) is 5.45. The second-order valence-electron chi connectivity index (χ2n) is 3.90. The first kappa shape index (κ1) is 15.7. The average Bonchev–Trinajstić information content (AvgIpc) is 2.37. The van der Waals surface area contributed by atoms with Crippen molar-refractivity contribution in [1.82, 2.24) is 0 Å². The number of rotatable bonds is 7. The fourth-order valence-electron chi connectivity index (χ4n) is 1.46. The van der Waals surface area contributed by atoms with Crippen LogP contribution in [-0.2, 0) is 14.6 Å². The van der Waals surface area contributed by atoms with Crippen LogP contribution in [0.15, 0.2) is 29.2 Å². The molecule has 1 N–H and O–H groups in total. The van der Waals surface area contributed by atoms with Crippen molar-refractivity contribution in [2.24, 2.45) is 0 Å². The Hall–Kier alpha value is -1.40. The maximum absolute atomic E-state index is 11.9. The standard InChI is InChI=1S/C12H13ClO5S/c13-8-11(14)9-3-5-10(6-4-9)19(17,18)7-1-2-12(15)16/h3-6H,1-2,7-8H2,(H,15,16). The van der Waals surface area contributed by atoms with Gasteiger partial charge in [-0.2, -0.15) is 0 Å². The van der Waals surface area contributed by atoms with E-state index in [0.717, 1.165) is 0 Å². The molecular formula is C12H13ClO5S. The molecule has 0 bridgehead atoms. The SMILES string of the molecule is O=C(O)CCCS(=O)(=O)c1ccc(C(=O)CCl)cc1. The number of halogens is 1. The molecule has 0 saturated heterocycles.